The van der Waals surface area contributed by atoms with E-state index < -0.39 is 18.4 Å². The van der Waals surface area contributed by atoms with E-state index in [1.165, 1.54) is 54.3 Å². The SMILES string of the molecule is C=[C](Br)[Sn]([CH2]CCC)([CH2]CCC)[CH2]CCC. The van der Waals surface area contributed by atoms with E-state index in [1.54, 1.807) is 0 Å². The fourth-order valence-corrected chi connectivity index (χ4v) is 19.6. The Morgan fingerprint density at radius 2 is 1.19 bits per heavy atom. The Morgan fingerprint density at radius 3 is 1.38 bits per heavy atom. The molecule has 0 aliphatic rings. The minimum absolute atomic E-state index is 1.34. The average Bonchev–Trinajstić information content (AvgIpc) is 2.28. The number of hydrogen-bond acceptors (Lipinski definition) is 0. The summed E-state index contributed by atoms with van der Waals surface area (Å²) in [6, 6.07) is 0. The first-order valence-electron chi connectivity index (χ1n) is 6.97. The summed E-state index contributed by atoms with van der Waals surface area (Å²) in [6.45, 7) is 11.2. The number of hydrogen-bond donors (Lipinski definition) is 0. The van der Waals surface area contributed by atoms with E-state index in [0.29, 0.717) is 0 Å². The molecule has 2 heteroatoms. The van der Waals surface area contributed by atoms with Gasteiger partial charge in [0.1, 0.15) is 0 Å². The minimum atomic E-state index is -2.03. The molecule has 0 bridgehead atoms. The molecule has 96 valence electrons. The molecule has 0 aromatic rings. The van der Waals surface area contributed by atoms with Gasteiger partial charge in [-0.1, -0.05) is 0 Å². The predicted molar refractivity (Wildman–Crippen MR) is 83.0 cm³/mol. The van der Waals surface area contributed by atoms with Gasteiger partial charge in [-0.15, -0.1) is 0 Å². The van der Waals surface area contributed by atoms with Crippen molar-refractivity contribution >= 4 is 34.3 Å². The molecule has 0 aliphatic carbocycles. The summed E-state index contributed by atoms with van der Waals surface area (Å²) in [7, 11) is 0. The van der Waals surface area contributed by atoms with Crippen molar-refractivity contribution in [3.05, 3.63) is 9.08 Å². The van der Waals surface area contributed by atoms with Gasteiger partial charge in [-0.05, 0) is 0 Å². The molecule has 0 heterocycles. The third-order valence-electron chi connectivity index (χ3n) is 3.60. The topological polar surface area (TPSA) is 0 Å². The van der Waals surface area contributed by atoms with Gasteiger partial charge < -0.3 is 0 Å². The van der Waals surface area contributed by atoms with Crippen LogP contribution >= 0.6 is 15.9 Å². The summed E-state index contributed by atoms with van der Waals surface area (Å²) in [5.41, 5.74) is 0. The molecule has 0 saturated heterocycles. The van der Waals surface area contributed by atoms with E-state index in [0.717, 1.165) is 0 Å². The Morgan fingerprint density at radius 1 is 0.875 bits per heavy atom. The first-order valence-corrected chi connectivity index (χ1v) is 15.2. The van der Waals surface area contributed by atoms with Crippen LogP contribution in [0.4, 0.5) is 0 Å². The molecule has 0 fully saturated rings. The number of rotatable bonds is 10. The van der Waals surface area contributed by atoms with Gasteiger partial charge in [0.15, 0.2) is 0 Å². The molecule has 0 rings (SSSR count). The molecule has 0 N–H and O–H groups in total. The molecule has 0 aromatic heterocycles. The van der Waals surface area contributed by atoms with Crippen LogP contribution in [0.1, 0.15) is 59.3 Å². The van der Waals surface area contributed by atoms with Gasteiger partial charge in [0, 0.05) is 0 Å². The molecular formula is C14H29BrSn. The van der Waals surface area contributed by atoms with Crippen LogP contribution in [0.2, 0.25) is 13.3 Å². The van der Waals surface area contributed by atoms with Crippen molar-refractivity contribution in [1.29, 1.82) is 0 Å². The van der Waals surface area contributed by atoms with Crippen LogP contribution in [-0.4, -0.2) is 18.4 Å². The van der Waals surface area contributed by atoms with Gasteiger partial charge in [0.2, 0.25) is 0 Å². The molecule has 0 spiro atoms. The van der Waals surface area contributed by atoms with Crippen LogP contribution in [-0.2, 0) is 0 Å². The zero-order chi connectivity index (χ0) is 12.4. The molecular weight excluding hydrogens is 367 g/mol. The Hall–Kier alpha value is 1.02. The van der Waals surface area contributed by atoms with Gasteiger partial charge in [-0.25, -0.2) is 0 Å². The van der Waals surface area contributed by atoms with Gasteiger partial charge >= 0.3 is 116 Å². The molecule has 0 aliphatic heterocycles. The van der Waals surface area contributed by atoms with Crippen LogP contribution in [0.25, 0.3) is 0 Å². The summed E-state index contributed by atoms with van der Waals surface area (Å²) in [6.07, 6.45) is 8.31. The van der Waals surface area contributed by atoms with Crippen LogP contribution < -0.4 is 0 Å². The average molecular weight is 396 g/mol. The van der Waals surface area contributed by atoms with E-state index >= 15 is 0 Å². The summed E-state index contributed by atoms with van der Waals surface area (Å²) in [4.78, 5) is 0. The van der Waals surface area contributed by atoms with E-state index in [1.807, 2.05) is 0 Å². The fourth-order valence-electron chi connectivity index (χ4n) is 2.33. The predicted octanol–water partition coefficient (Wildman–Crippen LogP) is 6.28. The summed E-state index contributed by atoms with van der Waals surface area (Å²) in [5, 5.41) is 0. The molecule has 0 aromatic carbocycles. The molecule has 0 amide bonds. The Balaban J connectivity index is 4.52. The van der Waals surface area contributed by atoms with E-state index in [2.05, 4.69) is 43.3 Å². The third kappa shape index (κ3) is 6.09. The number of halogens is 1. The van der Waals surface area contributed by atoms with Crippen LogP contribution in [0.15, 0.2) is 9.08 Å². The molecule has 0 nitrogen and oxygen atoms in total. The van der Waals surface area contributed by atoms with Crippen molar-refractivity contribution in [2.24, 2.45) is 0 Å². The second kappa shape index (κ2) is 9.99. The van der Waals surface area contributed by atoms with E-state index in [-0.39, 0.29) is 0 Å². The summed E-state index contributed by atoms with van der Waals surface area (Å²) >= 11 is 1.76. The van der Waals surface area contributed by atoms with E-state index in [9.17, 15) is 0 Å². The normalized spacial score (nSPS) is 11.8. The van der Waals surface area contributed by atoms with Gasteiger partial charge in [-0.3, -0.25) is 0 Å². The van der Waals surface area contributed by atoms with Gasteiger partial charge in [-0.2, -0.15) is 0 Å². The van der Waals surface area contributed by atoms with Crippen LogP contribution in [0.3, 0.4) is 0 Å². The molecule has 16 heavy (non-hydrogen) atoms. The Labute approximate surface area is 115 Å². The molecule has 0 atom stereocenters. The zero-order valence-corrected chi connectivity index (χ0v) is 15.9. The Kier molecular flexibility index (Phi) is 10.6. The van der Waals surface area contributed by atoms with Crippen LogP contribution in [0, 0.1) is 0 Å². The van der Waals surface area contributed by atoms with Crippen molar-refractivity contribution < 1.29 is 0 Å². The number of unbranched alkanes of at least 4 members (excludes halogenated alkanes) is 3. The zero-order valence-electron chi connectivity index (χ0n) is 11.4. The second-order valence-corrected chi connectivity index (χ2v) is 21.4. The maximum absolute atomic E-state index is 4.30. The maximum atomic E-state index is 4.30. The first-order chi connectivity index (χ1) is 7.63. The molecule has 0 saturated carbocycles. The first kappa shape index (κ1) is 17.0. The van der Waals surface area contributed by atoms with E-state index in [4.69, 9.17) is 0 Å². The van der Waals surface area contributed by atoms with Gasteiger partial charge in [0.25, 0.3) is 0 Å². The monoisotopic (exact) mass is 396 g/mol. The van der Waals surface area contributed by atoms with Crippen molar-refractivity contribution in [3.8, 4) is 0 Å². The van der Waals surface area contributed by atoms with Crippen molar-refractivity contribution in [3.63, 3.8) is 0 Å². The van der Waals surface area contributed by atoms with Crippen molar-refractivity contribution in [2.75, 3.05) is 0 Å². The molecule has 0 radical (unpaired) electrons. The van der Waals surface area contributed by atoms with Crippen LogP contribution in [0.5, 0.6) is 0 Å². The van der Waals surface area contributed by atoms with Gasteiger partial charge in [0.05, 0.1) is 0 Å². The molecule has 0 unspecified atom stereocenters. The third-order valence-corrected chi connectivity index (χ3v) is 23.8. The quantitative estimate of drug-likeness (QED) is 0.381. The van der Waals surface area contributed by atoms with Crippen molar-refractivity contribution in [2.45, 2.75) is 72.6 Å². The van der Waals surface area contributed by atoms with Crippen molar-refractivity contribution in [1.82, 2.24) is 0 Å². The fraction of sp³-hybridized carbons (Fsp3) is 0.857. The standard InChI is InChI=1S/3C4H9.C2H2Br.Sn/c3*1-3-4-2;1-2-3;/h3*1,3-4H2,2H3;1H2;. The second-order valence-electron chi connectivity index (χ2n) is 5.00. The summed E-state index contributed by atoms with van der Waals surface area (Å²) < 4.78 is 6.02. The Bertz CT molecular complexity index is 167. The summed E-state index contributed by atoms with van der Waals surface area (Å²) in [5.74, 6) is 0.